The van der Waals surface area contributed by atoms with Crippen molar-refractivity contribution < 1.29 is 13.2 Å². The van der Waals surface area contributed by atoms with Gasteiger partial charge in [0.2, 0.25) is 15.9 Å². The molecule has 2 rings (SSSR count). The molecule has 1 fully saturated rings. The van der Waals surface area contributed by atoms with Gasteiger partial charge in [-0.25, -0.2) is 8.42 Å². The van der Waals surface area contributed by atoms with E-state index in [4.69, 9.17) is 5.73 Å². The predicted octanol–water partition coefficient (Wildman–Crippen LogP) is 0.0399. The van der Waals surface area contributed by atoms with E-state index in [1.807, 2.05) is 6.92 Å². The van der Waals surface area contributed by atoms with E-state index in [9.17, 15) is 13.2 Å². The van der Waals surface area contributed by atoms with Crippen LogP contribution in [0.3, 0.4) is 0 Å². The number of hydrogen-bond acceptors (Lipinski definition) is 4. The number of nitrogens with two attached hydrogens (primary N) is 1. The fourth-order valence-electron chi connectivity index (χ4n) is 1.98. The van der Waals surface area contributed by atoms with Crippen molar-refractivity contribution in [3.05, 3.63) is 23.8 Å². The van der Waals surface area contributed by atoms with Gasteiger partial charge in [-0.1, -0.05) is 6.07 Å². The Morgan fingerprint density at radius 2 is 1.95 bits per heavy atom. The molecular weight excluding hydrogens is 266 g/mol. The molecule has 0 radical (unpaired) electrons. The highest BCUT2D eigenvalue weighted by Crippen LogP contribution is 2.24. The van der Waals surface area contributed by atoms with Gasteiger partial charge in [0.05, 0.1) is 12.2 Å². The summed E-state index contributed by atoms with van der Waals surface area (Å²) in [4.78, 5) is 13.2. The summed E-state index contributed by atoms with van der Waals surface area (Å²) in [6, 6.07) is 4.80. The molecule has 2 N–H and O–H groups in total. The maximum absolute atomic E-state index is 12.4. The van der Waals surface area contributed by atoms with Crippen molar-refractivity contribution in [2.75, 3.05) is 32.4 Å². The lowest BCUT2D eigenvalue weighted by molar-refractivity contribution is -0.132. The quantitative estimate of drug-likeness (QED) is 0.777. The van der Waals surface area contributed by atoms with Crippen molar-refractivity contribution in [2.45, 2.75) is 11.8 Å². The Morgan fingerprint density at radius 1 is 1.26 bits per heavy atom. The van der Waals surface area contributed by atoms with Gasteiger partial charge in [0, 0.05) is 20.1 Å². The summed E-state index contributed by atoms with van der Waals surface area (Å²) in [5.74, 6) is -0.208. The molecule has 1 aromatic rings. The van der Waals surface area contributed by atoms with Gasteiger partial charge in [0.25, 0.3) is 0 Å². The number of amides is 1. The second kappa shape index (κ2) is 4.82. The third-order valence-corrected chi connectivity index (χ3v) is 5.12. The van der Waals surface area contributed by atoms with E-state index in [1.54, 1.807) is 19.2 Å². The topological polar surface area (TPSA) is 83.7 Å². The molecule has 1 heterocycles. The molecular formula is C12H17N3O3S. The van der Waals surface area contributed by atoms with E-state index in [0.717, 1.165) is 5.56 Å². The molecule has 7 heteroatoms. The number of nitrogens with zero attached hydrogens (tertiary/aromatic N) is 2. The van der Waals surface area contributed by atoms with E-state index in [0.29, 0.717) is 6.54 Å². The second-order valence-electron chi connectivity index (χ2n) is 4.70. The first-order chi connectivity index (χ1) is 8.82. The number of anilines is 1. The van der Waals surface area contributed by atoms with Crippen LogP contribution in [0.15, 0.2) is 23.1 Å². The van der Waals surface area contributed by atoms with E-state index < -0.39 is 10.0 Å². The SMILES string of the molecule is Cc1ccc(S(=O)(=O)N2CCN(C)C(=O)C2)c(N)c1. The monoisotopic (exact) mass is 283 g/mol. The normalized spacial score (nSPS) is 17.8. The summed E-state index contributed by atoms with van der Waals surface area (Å²) in [6.45, 7) is 2.39. The van der Waals surface area contributed by atoms with Gasteiger partial charge < -0.3 is 10.6 Å². The number of likely N-dealkylation sites (N-methyl/N-ethyl adjacent to an activating group) is 1. The average Bonchev–Trinajstić information content (AvgIpc) is 2.32. The lowest BCUT2D eigenvalue weighted by atomic mass is 10.2. The average molecular weight is 283 g/mol. The van der Waals surface area contributed by atoms with Crippen molar-refractivity contribution >= 4 is 21.6 Å². The number of nitrogen functional groups attached to an aromatic ring is 1. The maximum Gasteiger partial charge on any atom is 0.245 e. The van der Waals surface area contributed by atoms with Crippen LogP contribution in [0, 0.1) is 6.92 Å². The molecule has 0 aliphatic carbocycles. The number of hydrogen-bond donors (Lipinski definition) is 1. The third kappa shape index (κ3) is 2.57. The van der Waals surface area contributed by atoms with Crippen molar-refractivity contribution in [1.29, 1.82) is 0 Å². The first kappa shape index (κ1) is 13.8. The third-order valence-electron chi connectivity index (χ3n) is 3.21. The van der Waals surface area contributed by atoms with Crippen LogP contribution in [0.1, 0.15) is 5.56 Å². The van der Waals surface area contributed by atoms with Crippen LogP contribution in [0.2, 0.25) is 0 Å². The van der Waals surface area contributed by atoms with Gasteiger partial charge in [-0.15, -0.1) is 0 Å². The lowest BCUT2D eigenvalue weighted by Crippen LogP contribution is -2.50. The highest BCUT2D eigenvalue weighted by Gasteiger charge is 2.32. The molecule has 1 saturated heterocycles. The van der Waals surface area contributed by atoms with Crippen molar-refractivity contribution in [3.63, 3.8) is 0 Å². The van der Waals surface area contributed by atoms with Gasteiger partial charge in [0.1, 0.15) is 4.90 Å². The Bertz CT molecular complexity index is 613. The van der Waals surface area contributed by atoms with Crippen LogP contribution >= 0.6 is 0 Å². The molecule has 0 saturated carbocycles. The fourth-order valence-corrected chi connectivity index (χ4v) is 3.46. The molecule has 1 aromatic carbocycles. The highest BCUT2D eigenvalue weighted by atomic mass is 32.2. The summed E-state index contributed by atoms with van der Waals surface area (Å²) < 4.78 is 26.1. The van der Waals surface area contributed by atoms with Gasteiger partial charge >= 0.3 is 0 Å². The maximum atomic E-state index is 12.4. The molecule has 19 heavy (non-hydrogen) atoms. The first-order valence-corrected chi connectivity index (χ1v) is 7.36. The van der Waals surface area contributed by atoms with Gasteiger partial charge in [-0.3, -0.25) is 4.79 Å². The molecule has 1 aliphatic rings. The van der Waals surface area contributed by atoms with Crippen LogP contribution in [-0.2, 0) is 14.8 Å². The van der Waals surface area contributed by atoms with Crippen molar-refractivity contribution in [3.8, 4) is 0 Å². The summed E-state index contributed by atoms with van der Waals surface area (Å²) in [5.41, 5.74) is 6.88. The van der Waals surface area contributed by atoms with Crippen LogP contribution < -0.4 is 5.73 Å². The smallest absolute Gasteiger partial charge is 0.245 e. The van der Waals surface area contributed by atoms with Crippen molar-refractivity contribution in [2.24, 2.45) is 0 Å². The van der Waals surface area contributed by atoms with E-state index >= 15 is 0 Å². The second-order valence-corrected chi connectivity index (χ2v) is 6.60. The minimum atomic E-state index is -3.70. The van der Waals surface area contributed by atoms with Crippen LogP contribution in [0.5, 0.6) is 0 Å². The molecule has 6 nitrogen and oxygen atoms in total. The Morgan fingerprint density at radius 3 is 2.53 bits per heavy atom. The zero-order valence-corrected chi connectivity index (χ0v) is 11.8. The minimum Gasteiger partial charge on any atom is -0.398 e. The number of aryl methyl sites for hydroxylation is 1. The number of carbonyl (C=O) groups is 1. The Balaban J connectivity index is 2.35. The molecule has 0 unspecified atom stereocenters. The standard InChI is InChI=1S/C12H17N3O3S/c1-9-3-4-11(10(13)7-9)19(17,18)15-6-5-14(2)12(16)8-15/h3-4,7H,5-6,8,13H2,1-2H3. The Labute approximate surface area is 112 Å². The molecule has 104 valence electrons. The summed E-state index contributed by atoms with van der Waals surface area (Å²) in [5, 5.41) is 0. The fraction of sp³-hybridized carbons (Fsp3) is 0.417. The zero-order valence-electron chi connectivity index (χ0n) is 11.0. The van der Waals surface area contributed by atoms with Crippen LogP contribution in [0.4, 0.5) is 5.69 Å². The predicted molar refractivity (Wildman–Crippen MR) is 72.0 cm³/mol. The number of rotatable bonds is 2. The van der Waals surface area contributed by atoms with E-state index in [1.165, 1.54) is 15.3 Å². The summed E-state index contributed by atoms with van der Waals surface area (Å²) in [6.07, 6.45) is 0. The molecule has 1 aliphatic heterocycles. The Hall–Kier alpha value is -1.60. The zero-order chi connectivity index (χ0) is 14.2. The van der Waals surface area contributed by atoms with E-state index in [2.05, 4.69) is 0 Å². The number of carbonyl (C=O) groups excluding carboxylic acids is 1. The molecule has 1 amide bonds. The molecule has 0 atom stereocenters. The largest absolute Gasteiger partial charge is 0.398 e. The van der Waals surface area contributed by atoms with Gasteiger partial charge in [-0.05, 0) is 24.6 Å². The number of benzene rings is 1. The van der Waals surface area contributed by atoms with Gasteiger partial charge in [-0.2, -0.15) is 4.31 Å². The number of piperazine rings is 1. The molecule has 0 bridgehead atoms. The Kier molecular flexibility index (Phi) is 3.51. The summed E-state index contributed by atoms with van der Waals surface area (Å²) >= 11 is 0. The summed E-state index contributed by atoms with van der Waals surface area (Å²) in [7, 11) is -2.05. The van der Waals surface area contributed by atoms with Crippen LogP contribution in [-0.4, -0.2) is 50.2 Å². The van der Waals surface area contributed by atoms with E-state index in [-0.39, 0.29) is 29.6 Å². The number of sulfonamides is 1. The van der Waals surface area contributed by atoms with Crippen LogP contribution in [0.25, 0.3) is 0 Å². The van der Waals surface area contributed by atoms with Gasteiger partial charge in [0.15, 0.2) is 0 Å². The highest BCUT2D eigenvalue weighted by molar-refractivity contribution is 7.89. The first-order valence-electron chi connectivity index (χ1n) is 5.92. The lowest BCUT2D eigenvalue weighted by Gasteiger charge is -2.31. The van der Waals surface area contributed by atoms with Crippen molar-refractivity contribution in [1.82, 2.24) is 9.21 Å². The molecule has 0 aromatic heterocycles. The minimum absolute atomic E-state index is 0.0652. The molecule has 0 spiro atoms.